The van der Waals surface area contributed by atoms with E-state index < -0.39 is 7.32 Å². The van der Waals surface area contributed by atoms with Crippen LogP contribution in [-0.4, -0.2) is 101 Å². The molecule has 0 aliphatic carbocycles. The number of rotatable bonds is 12. The maximum Gasteiger partial charge on any atom is 0.864 e. The Balaban J connectivity index is 1.10. The Bertz CT molecular complexity index is 1070. The number of hydrogen-bond acceptors (Lipinski definition) is 9. The van der Waals surface area contributed by atoms with Gasteiger partial charge in [-0.05, 0) is 53.1 Å². The van der Waals surface area contributed by atoms with Gasteiger partial charge in [-0.25, -0.2) is 0 Å². The lowest BCUT2D eigenvalue weighted by Gasteiger charge is -2.26. The second-order valence-corrected chi connectivity index (χ2v) is 11.2. The van der Waals surface area contributed by atoms with E-state index >= 15 is 0 Å². The first-order chi connectivity index (χ1) is 21.2. The summed E-state index contributed by atoms with van der Waals surface area (Å²) in [5.41, 5.74) is 3.71. The van der Waals surface area contributed by atoms with E-state index in [-0.39, 0.29) is 0 Å². The lowest BCUT2D eigenvalue weighted by Crippen LogP contribution is -2.37. The van der Waals surface area contributed by atoms with E-state index in [4.69, 9.17) is 28.2 Å². The molecular formula is C33H42BN3O6. The molecule has 43 heavy (non-hydrogen) atoms. The molecule has 3 saturated heterocycles. The van der Waals surface area contributed by atoms with Crippen LogP contribution in [0.3, 0.4) is 0 Å². The highest BCUT2D eigenvalue weighted by molar-refractivity contribution is 6.39. The average Bonchev–Trinajstić information content (AvgIpc) is 3.05. The van der Waals surface area contributed by atoms with Gasteiger partial charge in [-0.2, -0.15) is 0 Å². The Morgan fingerprint density at radius 2 is 0.674 bits per heavy atom. The van der Waals surface area contributed by atoms with Gasteiger partial charge in [0, 0.05) is 58.9 Å². The Kier molecular flexibility index (Phi) is 10.8. The van der Waals surface area contributed by atoms with Gasteiger partial charge in [-0.3, -0.25) is 14.7 Å². The molecular weight excluding hydrogens is 545 g/mol. The molecule has 9 nitrogen and oxygen atoms in total. The van der Waals surface area contributed by atoms with Crippen LogP contribution in [0.4, 0.5) is 0 Å². The topological polar surface area (TPSA) is 65.1 Å². The van der Waals surface area contributed by atoms with Crippen LogP contribution in [0.2, 0.25) is 0 Å². The fourth-order valence-electron chi connectivity index (χ4n) is 5.48. The number of ether oxygens (including phenoxy) is 3. The van der Waals surface area contributed by atoms with Crippen molar-refractivity contribution in [2.45, 2.75) is 19.6 Å². The van der Waals surface area contributed by atoms with Crippen molar-refractivity contribution < 1.29 is 28.2 Å². The standard InChI is InChI=1S/C33H42BN3O6/c1-7-31(8-2-28(1)25-35-13-19-38-20-14-35)41-34(42-32-9-3-29(4-10-32)26-36-15-21-39-22-16-36)43-33-11-5-30(6-12-33)27-37-17-23-40-24-18-37/h1-12H,13-27H2. The molecule has 0 bridgehead atoms. The summed E-state index contributed by atoms with van der Waals surface area (Å²) in [6.07, 6.45) is 0. The molecule has 0 spiro atoms. The van der Waals surface area contributed by atoms with Crippen LogP contribution < -0.4 is 14.0 Å². The van der Waals surface area contributed by atoms with Crippen molar-refractivity contribution in [3.63, 3.8) is 0 Å². The fraction of sp³-hybridized carbons (Fsp3) is 0.455. The molecule has 0 atom stereocenters. The van der Waals surface area contributed by atoms with Crippen LogP contribution >= 0.6 is 0 Å². The van der Waals surface area contributed by atoms with Gasteiger partial charge >= 0.3 is 7.32 Å². The van der Waals surface area contributed by atoms with E-state index in [2.05, 4.69) is 51.1 Å². The molecule has 3 fully saturated rings. The third kappa shape index (κ3) is 9.43. The molecule has 228 valence electrons. The minimum Gasteiger partial charge on any atom is -0.490 e. The van der Waals surface area contributed by atoms with E-state index in [9.17, 15) is 0 Å². The zero-order valence-corrected chi connectivity index (χ0v) is 24.9. The summed E-state index contributed by atoms with van der Waals surface area (Å²) in [6.45, 7) is 13.2. The summed E-state index contributed by atoms with van der Waals surface area (Å²) >= 11 is 0. The first-order valence-electron chi connectivity index (χ1n) is 15.4. The highest BCUT2D eigenvalue weighted by Gasteiger charge is 2.30. The molecule has 0 amide bonds. The monoisotopic (exact) mass is 587 g/mol. The summed E-state index contributed by atoms with van der Waals surface area (Å²) in [7, 11) is -0.958. The van der Waals surface area contributed by atoms with Gasteiger partial charge in [0.1, 0.15) is 17.2 Å². The number of nitrogens with zero attached hydrogens (tertiary/aromatic N) is 3. The molecule has 0 N–H and O–H groups in total. The highest BCUT2D eigenvalue weighted by atomic mass is 16.7. The predicted octanol–water partition coefficient (Wildman–Crippen LogP) is 3.70. The zero-order chi connectivity index (χ0) is 29.1. The van der Waals surface area contributed by atoms with E-state index in [1.54, 1.807) is 0 Å². The maximum atomic E-state index is 6.25. The SMILES string of the molecule is c1cc(OB(Oc2ccc(CN3CCOCC3)cc2)Oc2ccc(CN3CCOCC3)cc2)ccc1CN1CCOCC1. The van der Waals surface area contributed by atoms with Crippen molar-refractivity contribution in [3.8, 4) is 17.2 Å². The van der Waals surface area contributed by atoms with Crippen molar-refractivity contribution in [3.05, 3.63) is 89.5 Å². The summed E-state index contributed by atoms with van der Waals surface area (Å²) in [5, 5.41) is 0. The van der Waals surface area contributed by atoms with Gasteiger partial charge in [-0.1, -0.05) is 36.4 Å². The van der Waals surface area contributed by atoms with Gasteiger partial charge in [-0.15, -0.1) is 0 Å². The molecule has 6 rings (SSSR count). The maximum absolute atomic E-state index is 6.25. The van der Waals surface area contributed by atoms with Gasteiger partial charge in [0.05, 0.1) is 39.6 Å². The molecule has 3 aliphatic heterocycles. The molecule has 3 aromatic rings. The minimum absolute atomic E-state index is 0.684. The number of benzene rings is 3. The summed E-state index contributed by atoms with van der Waals surface area (Å²) in [5.74, 6) is 2.05. The van der Waals surface area contributed by atoms with Crippen LogP contribution in [0, 0.1) is 0 Å². The van der Waals surface area contributed by atoms with Crippen molar-refractivity contribution in [1.29, 1.82) is 0 Å². The third-order valence-corrected chi connectivity index (χ3v) is 8.00. The number of morpholine rings is 3. The molecule has 0 radical (unpaired) electrons. The molecule has 0 unspecified atom stereocenters. The van der Waals surface area contributed by atoms with Crippen molar-refractivity contribution in [2.24, 2.45) is 0 Å². The van der Waals surface area contributed by atoms with Crippen LogP contribution in [0.5, 0.6) is 17.2 Å². The highest BCUT2D eigenvalue weighted by Crippen LogP contribution is 2.22. The van der Waals surface area contributed by atoms with E-state index in [0.717, 1.165) is 98.5 Å². The molecule has 3 aromatic carbocycles. The van der Waals surface area contributed by atoms with Crippen LogP contribution in [0.1, 0.15) is 16.7 Å². The van der Waals surface area contributed by atoms with Gasteiger partial charge < -0.3 is 28.2 Å². The quantitative estimate of drug-likeness (QED) is 0.295. The molecule has 3 aliphatic rings. The first-order valence-corrected chi connectivity index (χ1v) is 15.4. The van der Waals surface area contributed by atoms with E-state index in [0.29, 0.717) is 17.2 Å². The fourth-order valence-corrected chi connectivity index (χ4v) is 5.48. The average molecular weight is 588 g/mol. The lowest BCUT2D eigenvalue weighted by molar-refractivity contribution is 0.0341. The summed E-state index contributed by atoms with van der Waals surface area (Å²) < 4.78 is 35.2. The zero-order valence-electron chi connectivity index (χ0n) is 24.9. The van der Waals surface area contributed by atoms with Gasteiger partial charge in [0.15, 0.2) is 0 Å². The Hall–Kier alpha value is -3.12. The second-order valence-electron chi connectivity index (χ2n) is 11.2. The van der Waals surface area contributed by atoms with Crippen molar-refractivity contribution in [1.82, 2.24) is 14.7 Å². The summed E-state index contributed by atoms with van der Waals surface area (Å²) in [4.78, 5) is 7.21. The smallest absolute Gasteiger partial charge is 0.490 e. The van der Waals surface area contributed by atoms with Crippen LogP contribution in [-0.2, 0) is 33.8 Å². The summed E-state index contributed by atoms with van der Waals surface area (Å²) in [6, 6.07) is 24.5. The Morgan fingerprint density at radius 1 is 0.419 bits per heavy atom. The lowest BCUT2D eigenvalue weighted by atomic mass is 10.1. The van der Waals surface area contributed by atoms with Gasteiger partial charge in [0.2, 0.25) is 0 Å². The molecule has 0 saturated carbocycles. The van der Waals surface area contributed by atoms with Crippen molar-refractivity contribution >= 4 is 7.32 Å². The van der Waals surface area contributed by atoms with Crippen LogP contribution in [0.15, 0.2) is 72.8 Å². The van der Waals surface area contributed by atoms with Crippen molar-refractivity contribution in [2.75, 3.05) is 78.9 Å². The predicted molar refractivity (Wildman–Crippen MR) is 165 cm³/mol. The first kappa shape index (κ1) is 29.9. The Labute approximate surface area is 255 Å². The second kappa shape index (κ2) is 15.6. The van der Waals surface area contributed by atoms with E-state index in [1.165, 1.54) is 16.7 Å². The molecule has 3 heterocycles. The van der Waals surface area contributed by atoms with Gasteiger partial charge in [0.25, 0.3) is 0 Å². The van der Waals surface area contributed by atoms with Crippen LogP contribution in [0.25, 0.3) is 0 Å². The Morgan fingerprint density at radius 3 is 0.930 bits per heavy atom. The van der Waals surface area contributed by atoms with E-state index in [1.807, 2.05) is 36.4 Å². The third-order valence-electron chi connectivity index (χ3n) is 8.00. The normalized spacial score (nSPS) is 18.7. The number of hydrogen-bond donors (Lipinski definition) is 0. The molecule has 0 aromatic heterocycles. The molecule has 10 heteroatoms. The largest absolute Gasteiger partial charge is 0.864 e. The minimum atomic E-state index is -0.958.